The van der Waals surface area contributed by atoms with Crippen LogP contribution in [-0.4, -0.2) is 34.9 Å². The summed E-state index contributed by atoms with van der Waals surface area (Å²) < 4.78 is 6.12. The summed E-state index contributed by atoms with van der Waals surface area (Å²) >= 11 is 0. The van der Waals surface area contributed by atoms with Crippen LogP contribution in [0.25, 0.3) is 0 Å². The van der Waals surface area contributed by atoms with Crippen molar-refractivity contribution in [3.05, 3.63) is 23.5 Å². The first-order valence-electron chi connectivity index (χ1n) is 12.7. The van der Waals surface area contributed by atoms with Crippen molar-refractivity contribution in [2.75, 3.05) is 6.54 Å². The zero-order valence-corrected chi connectivity index (χ0v) is 20.7. The van der Waals surface area contributed by atoms with Crippen LogP contribution in [0.5, 0.6) is 0 Å². The number of hydrogen-bond acceptors (Lipinski definition) is 5. The number of rotatable bonds is 5. The van der Waals surface area contributed by atoms with Gasteiger partial charge in [-0.1, -0.05) is 32.8 Å². The van der Waals surface area contributed by atoms with Crippen molar-refractivity contribution in [3.8, 4) is 0 Å². The molecule has 0 radical (unpaired) electrons. The first-order chi connectivity index (χ1) is 15.5. The molecule has 182 valence electrons. The van der Waals surface area contributed by atoms with Gasteiger partial charge < -0.3 is 15.2 Å². The van der Waals surface area contributed by atoms with E-state index >= 15 is 0 Å². The van der Waals surface area contributed by atoms with Crippen molar-refractivity contribution in [1.82, 2.24) is 5.32 Å². The zero-order valence-electron chi connectivity index (χ0n) is 20.7. The Bertz CT molecular complexity index is 921. The maximum Gasteiger partial charge on any atom is 0.408 e. The average molecular weight is 458 g/mol. The number of nitrogens with one attached hydrogen (secondary N) is 1. The van der Waals surface area contributed by atoms with E-state index in [1.54, 1.807) is 13.0 Å². The van der Waals surface area contributed by atoms with Gasteiger partial charge in [-0.15, -0.1) is 0 Å². The van der Waals surface area contributed by atoms with Gasteiger partial charge in [0.2, 0.25) is 0 Å². The Morgan fingerprint density at radius 3 is 2.61 bits per heavy atom. The van der Waals surface area contributed by atoms with E-state index in [0.717, 1.165) is 50.5 Å². The van der Waals surface area contributed by atoms with Gasteiger partial charge in [-0.2, -0.15) is 0 Å². The number of amides is 1. The Morgan fingerprint density at radius 2 is 1.94 bits per heavy atom. The van der Waals surface area contributed by atoms with Crippen LogP contribution < -0.4 is 5.32 Å². The molecule has 4 aliphatic rings. The number of unbranched alkanes of at least 4 members (excludes halogenated alkanes) is 1. The molecule has 3 fully saturated rings. The largest absolute Gasteiger partial charge is 0.508 e. The molecule has 0 aliphatic heterocycles. The second-order valence-electron chi connectivity index (χ2n) is 11.3. The predicted octanol–water partition coefficient (Wildman–Crippen LogP) is 5.28. The van der Waals surface area contributed by atoms with Crippen LogP contribution in [0.3, 0.4) is 0 Å². The topological polar surface area (TPSA) is 92.7 Å². The number of hydrogen-bond donors (Lipinski definition) is 2. The molecule has 0 spiro atoms. The van der Waals surface area contributed by atoms with Gasteiger partial charge in [0.15, 0.2) is 17.2 Å². The fourth-order valence-electron chi connectivity index (χ4n) is 8.21. The number of carbonyl (C=O) groups is 3. The van der Waals surface area contributed by atoms with Crippen LogP contribution in [0.4, 0.5) is 4.79 Å². The van der Waals surface area contributed by atoms with E-state index in [-0.39, 0.29) is 41.0 Å². The monoisotopic (exact) mass is 457 g/mol. The zero-order chi connectivity index (χ0) is 24.2. The molecule has 33 heavy (non-hydrogen) atoms. The number of allylic oxidation sites excluding steroid dienone is 3. The Balaban J connectivity index is 1.66. The van der Waals surface area contributed by atoms with Gasteiger partial charge in [-0.3, -0.25) is 9.59 Å². The summed E-state index contributed by atoms with van der Waals surface area (Å²) in [5.74, 6) is 0.527. The lowest BCUT2D eigenvalue weighted by Crippen LogP contribution is -2.61. The molecule has 0 aromatic heterocycles. The summed E-state index contributed by atoms with van der Waals surface area (Å²) in [4.78, 5) is 39.2. The van der Waals surface area contributed by atoms with E-state index in [1.165, 1.54) is 6.08 Å². The van der Waals surface area contributed by atoms with E-state index in [9.17, 15) is 19.5 Å². The maximum absolute atomic E-state index is 13.2. The quantitative estimate of drug-likeness (QED) is 0.548. The molecular weight excluding hydrogens is 418 g/mol. The molecular formula is C27H39NO5. The highest BCUT2D eigenvalue weighted by molar-refractivity contribution is 5.99. The molecule has 4 aliphatic carbocycles. The fraction of sp³-hybridized carbons (Fsp3) is 0.741. The molecule has 2 N–H and O–H groups in total. The Kier molecular flexibility index (Phi) is 6.03. The summed E-state index contributed by atoms with van der Waals surface area (Å²) in [6.45, 7) is 10.4. The number of ketones is 2. The third kappa shape index (κ3) is 3.30. The van der Waals surface area contributed by atoms with Crippen molar-refractivity contribution in [2.24, 2.45) is 34.5 Å². The van der Waals surface area contributed by atoms with Crippen LogP contribution in [0.1, 0.15) is 79.6 Å². The highest BCUT2D eigenvalue weighted by Gasteiger charge is 2.71. The minimum atomic E-state index is -1.15. The molecule has 4 rings (SSSR count). The van der Waals surface area contributed by atoms with Crippen LogP contribution in [-0.2, 0) is 14.3 Å². The van der Waals surface area contributed by atoms with E-state index in [1.807, 2.05) is 13.8 Å². The minimum Gasteiger partial charge on any atom is -0.508 e. The minimum absolute atomic E-state index is 0.00812. The van der Waals surface area contributed by atoms with Gasteiger partial charge in [0.1, 0.15) is 5.76 Å². The van der Waals surface area contributed by atoms with Gasteiger partial charge in [-0.25, -0.2) is 4.79 Å². The molecule has 3 saturated carbocycles. The maximum atomic E-state index is 13.2. The van der Waals surface area contributed by atoms with Gasteiger partial charge in [-0.05, 0) is 76.2 Å². The van der Waals surface area contributed by atoms with Gasteiger partial charge in [0.25, 0.3) is 0 Å². The predicted molar refractivity (Wildman–Crippen MR) is 126 cm³/mol. The van der Waals surface area contributed by atoms with Crippen LogP contribution in [0, 0.1) is 34.5 Å². The Labute approximate surface area is 197 Å². The first-order valence-corrected chi connectivity index (χ1v) is 12.7. The Hall–Kier alpha value is -2.11. The number of ether oxygens (including phenoxy) is 1. The molecule has 0 aromatic carbocycles. The Morgan fingerprint density at radius 1 is 1.21 bits per heavy atom. The molecule has 1 amide bonds. The third-order valence-electron chi connectivity index (χ3n) is 9.82. The summed E-state index contributed by atoms with van der Waals surface area (Å²) in [7, 11) is 0. The summed E-state index contributed by atoms with van der Waals surface area (Å²) in [5, 5.41) is 12.9. The molecule has 0 saturated heterocycles. The van der Waals surface area contributed by atoms with Crippen molar-refractivity contribution in [1.29, 1.82) is 0 Å². The molecule has 7 atom stereocenters. The third-order valence-corrected chi connectivity index (χ3v) is 9.82. The van der Waals surface area contributed by atoms with E-state index in [2.05, 4.69) is 19.2 Å². The van der Waals surface area contributed by atoms with E-state index in [4.69, 9.17) is 4.74 Å². The van der Waals surface area contributed by atoms with Crippen molar-refractivity contribution in [2.45, 2.75) is 85.2 Å². The van der Waals surface area contributed by atoms with E-state index in [0.29, 0.717) is 6.54 Å². The van der Waals surface area contributed by atoms with Gasteiger partial charge in [0, 0.05) is 24.0 Å². The molecule has 6 nitrogen and oxygen atoms in total. The molecule has 1 unspecified atom stereocenters. The molecule has 0 heterocycles. The first kappa shape index (κ1) is 24.0. The number of aliphatic hydroxyl groups excluding tert-OH is 1. The van der Waals surface area contributed by atoms with E-state index < -0.39 is 22.5 Å². The number of aliphatic hydroxyl groups is 1. The van der Waals surface area contributed by atoms with Crippen LogP contribution in [0.2, 0.25) is 0 Å². The van der Waals surface area contributed by atoms with Gasteiger partial charge >= 0.3 is 6.09 Å². The summed E-state index contributed by atoms with van der Waals surface area (Å²) in [6.07, 6.45) is 8.54. The summed E-state index contributed by atoms with van der Waals surface area (Å²) in [6, 6.07) is 0. The van der Waals surface area contributed by atoms with Crippen LogP contribution >= 0.6 is 0 Å². The second-order valence-corrected chi connectivity index (χ2v) is 11.3. The molecule has 0 bridgehead atoms. The lowest BCUT2D eigenvalue weighted by atomic mass is 9.46. The SMILES string of the molecule is CCCCNC(=O)O[C@]1(C(C)=O)C(C)C[C@H]2[C@@H]3CCC4=CC(O)=CC(=O)[C@]4(C)[C@H]3CC[C@@]21C. The number of Topliss-reactive ketones (excluding diaryl/α,β-unsaturated/α-hetero) is 1. The number of alkyl carbamates (subject to hydrolysis) is 1. The normalized spacial score (nSPS) is 41.8. The number of fused-ring (bicyclic) bond motifs is 5. The van der Waals surface area contributed by atoms with Crippen molar-refractivity contribution in [3.63, 3.8) is 0 Å². The van der Waals surface area contributed by atoms with Crippen molar-refractivity contribution < 1.29 is 24.2 Å². The van der Waals surface area contributed by atoms with Crippen LogP contribution in [0.15, 0.2) is 23.5 Å². The highest BCUT2D eigenvalue weighted by Crippen LogP contribution is 2.69. The summed E-state index contributed by atoms with van der Waals surface area (Å²) in [5.41, 5.74) is -1.17. The molecule has 6 heteroatoms. The average Bonchev–Trinajstić information content (AvgIpc) is 2.97. The smallest absolute Gasteiger partial charge is 0.408 e. The molecule has 0 aromatic rings. The standard InChI is InChI=1S/C27H39NO5/c1-6-7-12-28-24(32)33-27(17(3)29)16(2)13-22-20-9-8-18-14-19(30)15-23(31)26(18,5)21(20)10-11-25(22,27)4/h14-16,20-22,30H,6-13H2,1-5H3,(H,28,32)/t16?,20-,21+,22+,25+,26+,27+/m1/s1. The highest BCUT2D eigenvalue weighted by atomic mass is 16.6. The van der Waals surface area contributed by atoms with Gasteiger partial charge in [0.05, 0.1) is 5.41 Å². The second kappa shape index (κ2) is 8.28. The lowest BCUT2D eigenvalue weighted by Gasteiger charge is -2.58. The van der Waals surface area contributed by atoms with Crippen molar-refractivity contribution >= 4 is 17.7 Å². The lowest BCUT2D eigenvalue weighted by molar-refractivity contribution is -0.167. The number of carbonyl (C=O) groups excluding carboxylic acids is 3. The fourth-order valence-corrected chi connectivity index (χ4v) is 8.21.